The Morgan fingerprint density at radius 3 is 2.46 bits per heavy atom. The summed E-state index contributed by atoms with van der Waals surface area (Å²) in [6.07, 6.45) is 0.970. The minimum absolute atomic E-state index is 0.0603. The number of amides is 3. The summed E-state index contributed by atoms with van der Waals surface area (Å²) in [6.45, 7) is 6.44. The molecule has 1 aromatic carbocycles. The summed E-state index contributed by atoms with van der Waals surface area (Å²) >= 11 is 5.98. The number of para-hydroxylation sites is 1. The Morgan fingerprint density at radius 1 is 1.12 bits per heavy atom. The van der Waals surface area contributed by atoms with Gasteiger partial charge in [0.15, 0.2) is 0 Å². The van der Waals surface area contributed by atoms with Gasteiger partial charge in [-0.1, -0.05) is 23.7 Å². The van der Waals surface area contributed by atoms with Gasteiger partial charge in [-0.3, -0.25) is 4.79 Å². The summed E-state index contributed by atoms with van der Waals surface area (Å²) < 4.78 is 5.52. The number of hydrogen-bond acceptors (Lipinski definition) is 3. The SMILES string of the molecule is CCN(CC)C(=O)NCCNC(=O)CCCOc1ccccc1Cl. The molecule has 0 heterocycles. The Bertz CT molecular complexity index is 522. The van der Waals surface area contributed by atoms with Crippen LogP contribution in [0.15, 0.2) is 24.3 Å². The molecule has 3 amide bonds. The van der Waals surface area contributed by atoms with Crippen molar-refractivity contribution in [3.63, 3.8) is 0 Å². The number of ether oxygens (including phenoxy) is 1. The number of carbonyl (C=O) groups is 2. The van der Waals surface area contributed by atoms with Crippen LogP contribution in [0.25, 0.3) is 0 Å². The molecule has 0 spiro atoms. The lowest BCUT2D eigenvalue weighted by Crippen LogP contribution is -2.42. The summed E-state index contributed by atoms with van der Waals surface area (Å²) in [5, 5.41) is 6.10. The largest absolute Gasteiger partial charge is 0.492 e. The van der Waals surface area contributed by atoms with Crippen molar-refractivity contribution in [1.82, 2.24) is 15.5 Å². The van der Waals surface area contributed by atoms with Crippen LogP contribution < -0.4 is 15.4 Å². The minimum Gasteiger partial charge on any atom is -0.492 e. The lowest BCUT2D eigenvalue weighted by molar-refractivity contribution is -0.121. The highest BCUT2D eigenvalue weighted by Gasteiger charge is 2.08. The molecule has 7 heteroatoms. The molecule has 0 aliphatic rings. The van der Waals surface area contributed by atoms with Gasteiger partial charge in [-0.2, -0.15) is 0 Å². The van der Waals surface area contributed by atoms with E-state index in [4.69, 9.17) is 16.3 Å². The third-order valence-corrected chi connectivity index (χ3v) is 3.73. The predicted molar refractivity (Wildman–Crippen MR) is 95.5 cm³/mol. The van der Waals surface area contributed by atoms with Crippen LogP contribution in [-0.2, 0) is 4.79 Å². The third kappa shape index (κ3) is 7.55. The number of urea groups is 1. The van der Waals surface area contributed by atoms with Crippen molar-refractivity contribution in [1.29, 1.82) is 0 Å². The number of halogens is 1. The Balaban J connectivity index is 2.08. The Kier molecular flexibility index (Phi) is 9.68. The normalized spacial score (nSPS) is 10.1. The molecule has 0 unspecified atom stereocenters. The van der Waals surface area contributed by atoms with Crippen LogP contribution >= 0.6 is 11.6 Å². The van der Waals surface area contributed by atoms with Crippen LogP contribution in [0.5, 0.6) is 5.75 Å². The lowest BCUT2D eigenvalue weighted by atomic mass is 10.3. The molecule has 0 saturated heterocycles. The molecule has 0 radical (unpaired) electrons. The van der Waals surface area contributed by atoms with E-state index in [2.05, 4.69) is 10.6 Å². The lowest BCUT2D eigenvalue weighted by Gasteiger charge is -2.19. The Hall–Kier alpha value is -1.95. The minimum atomic E-state index is -0.109. The van der Waals surface area contributed by atoms with Crippen LogP contribution in [0, 0.1) is 0 Å². The van der Waals surface area contributed by atoms with Crippen molar-refractivity contribution >= 4 is 23.5 Å². The van der Waals surface area contributed by atoms with E-state index in [0.29, 0.717) is 56.4 Å². The highest BCUT2D eigenvalue weighted by atomic mass is 35.5. The molecule has 0 aromatic heterocycles. The van der Waals surface area contributed by atoms with Crippen LogP contribution in [-0.4, -0.2) is 49.6 Å². The summed E-state index contributed by atoms with van der Waals surface area (Å²) in [7, 11) is 0. The van der Waals surface area contributed by atoms with Gasteiger partial charge >= 0.3 is 6.03 Å². The van der Waals surface area contributed by atoms with Crippen molar-refractivity contribution in [3.8, 4) is 5.75 Å². The Labute approximate surface area is 148 Å². The Morgan fingerprint density at radius 2 is 1.79 bits per heavy atom. The number of rotatable bonds is 10. The van der Waals surface area contributed by atoms with Crippen LogP contribution in [0.2, 0.25) is 5.02 Å². The maximum absolute atomic E-state index is 11.7. The first-order valence-corrected chi connectivity index (χ1v) is 8.63. The van der Waals surface area contributed by atoms with Gasteiger partial charge in [0.1, 0.15) is 5.75 Å². The van der Waals surface area contributed by atoms with Crippen LogP contribution in [0.1, 0.15) is 26.7 Å². The van der Waals surface area contributed by atoms with Crippen molar-refractivity contribution in [2.24, 2.45) is 0 Å². The van der Waals surface area contributed by atoms with Crippen LogP contribution in [0.3, 0.4) is 0 Å². The van der Waals surface area contributed by atoms with Crippen molar-refractivity contribution in [3.05, 3.63) is 29.3 Å². The van der Waals surface area contributed by atoms with Crippen molar-refractivity contribution in [2.75, 3.05) is 32.8 Å². The smallest absolute Gasteiger partial charge is 0.317 e. The quantitative estimate of drug-likeness (QED) is 0.634. The van der Waals surface area contributed by atoms with Gasteiger partial charge < -0.3 is 20.3 Å². The predicted octanol–water partition coefficient (Wildman–Crippen LogP) is 2.67. The number of hydrogen-bond donors (Lipinski definition) is 2. The fourth-order valence-corrected chi connectivity index (χ4v) is 2.25. The molecule has 0 atom stereocenters. The number of nitrogens with one attached hydrogen (secondary N) is 2. The van der Waals surface area contributed by atoms with Gasteiger partial charge in [-0.15, -0.1) is 0 Å². The number of nitrogens with zero attached hydrogens (tertiary/aromatic N) is 1. The molecule has 134 valence electrons. The topological polar surface area (TPSA) is 70.7 Å². The first-order chi connectivity index (χ1) is 11.6. The maximum Gasteiger partial charge on any atom is 0.317 e. The molecule has 2 N–H and O–H groups in total. The van der Waals surface area contributed by atoms with E-state index in [1.54, 1.807) is 17.0 Å². The molecule has 1 aromatic rings. The van der Waals surface area contributed by atoms with Gasteiger partial charge in [0.25, 0.3) is 0 Å². The second-order valence-corrected chi connectivity index (χ2v) is 5.54. The van der Waals surface area contributed by atoms with E-state index in [9.17, 15) is 9.59 Å². The second kappa shape index (κ2) is 11.6. The number of benzene rings is 1. The standard InChI is InChI=1S/C17H26ClN3O3/c1-3-21(4-2)17(23)20-12-11-19-16(22)10-7-13-24-15-9-6-5-8-14(15)18/h5-6,8-9H,3-4,7,10-13H2,1-2H3,(H,19,22)(H,20,23). The molecule has 0 aliphatic heterocycles. The van der Waals surface area contributed by atoms with Crippen molar-refractivity contribution in [2.45, 2.75) is 26.7 Å². The van der Waals surface area contributed by atoms with Crippen LogP contribution in [0.4, 0.5) is 4.79 Å². The fourth-order valence-electron chi connectivity index (χ4n) is 2.06. The molecule has 1 rings (SSSR count). The average molecular weight is 356 g/mol. The zero-order valence-electron chi connectivity index (χ0n) is 14.3. The molecule has 0 bridgehead atoms. The van der Waals surface area contributed by atoms with E-state index in [1.807, 2.05) is 26.0 Å². The van der Waals surface area contributed by atoms with E-state index < -0.39 is 0 Å². The summed E-state index contributed by atoms with van der Waals surface area (Å²) in [4.78, 5) is 25.1. The average Bonchev–Trinajstić information content (AvgIpc) is 2.58. The molecule has 0 aliphatic carbocycles. The zero-order chi connectivity index (χ0) is 17.8. The van der Waals surface area contributed by atoms with Gasteiger partial charge in [0.2, 0.25) is 5.91 Å². The highest BCUT2D eigenvalue weighted by molar-refractivity contribution is 6.32. The summed E-state index contributed by atoms with van der Waals surface area (Å²) in [6, 6.07) is 7.13. The van der Waals surface area contributed by atoms with E-state index >= 15 is 0 Å². The number of carbonyl (C=O) groups excluding carboxylic acids is 2. The van der Waals surface area contributed by atoms with Gasteiger partial charge in [0, 0.05) is 32.6 Å². The summed E-state index contributed by atoms with van der Waals surface area (Å²) in [5.74, 6) is 0.563. The monoisotopic (exact) mass is 355 g/mol. The molecular weight excluding hydrogens is 330 g/mol. The van der Waals surface area contributed by atoms with E-state index in [0.717, 1.165) is 0 Å². The van der Waals surface area contributed by atoms with Gasteiger partial charge in [0.05, 0.1) is 11.6 Å². The second-order valence-electron chi connectivity index (χ2n) is 5.14. The maximum atomic E-state index is 11.7. The third-order valence-electron chi connectivity index (χ3n) is 3.42. The molecule has 0 saturated carbocycles. The molecule has 0 fully saturated rings. The van der Waals surface area contributed by atoms with E-state index in [1.165, 1.54) is 0 Å². The van der Waals surface area contributed by atoms with Crippen molar-refractivity contribution < 1.29 is 14.3 Å². The van der Waals surface area contributed by atoms with E-state index in [-0.39, 0.29) is 11.9 Å². The van der Waals surface area contributed by atoms with Gasteiger partial charge in [-0.05, 0) is 32.4 Å². The molecule has 24 heavy (non-hydrogen) atoms. The first kappa shape index (κ1) is 20.1. The molecule has 6 nitrogen and oxygen atoms in total. The van der Waals surface area contributed by atoms with Gasteiger partial charge in [-0.25, -0.2) is 4.79 Å². The highest BCUT2D eigenvalue weighted by Crippen LogP contribution is 2.23. The first-order valence-electron chi connectivity index (χ1n) is 8.25. The fraction of sp³-hybridized carbons (Fsp3) is 0.529. The molecular formula is C17H26ClN3O3. The summed E-state index contributed by atoms with van der Waals surface area (Å²) in [5.41, 5.74) is 0. The zero-order valence-corrected chi connectivity index (χ0v) is 15.1.